The van der Waals surface area contributed by atoms with Crippen LogP contribution in [0.5, 0.6) is 0 Å². The number of nitrogens with zero attached hydrogens (tertiary/aromatic N) is 2. The quantitative estimate of drug-likeness (QED) is 0.697. The van der Waals surface area contributed by atoms with E-state index < -0.39 is 5.97 Å². The lowest BCUT2D eigenvalue weighted by atomic mass is 10.2. The molecule has 2 rings (SSSR count). The Morgan fingerprint density at radius 1 is 1.67 bits per heavy atom. The van der Waals surface area contributed by atoms with Gasteiger partial charge in [0, 0.05) is 12.1 Å². The first-order valence-corrected chi connectivity index (χ1v) is 3.79. The third kappa shape index (κ3) is 1.15. The fourth-order valence-corrected chi connectivity index (χ4v) is 1.31. The third-order valence-electron chi connectivity index (χ3n) is 2.08. The summed E-state index contributed by atoms with van der Waals surface area (Å²) in [5.74, 6) is -0.872. The Hall–Kier alpha value is -1.45. The maximum atomic E-state index is 10.5. The molecule has 4 heteroatoms. The average molecular weight is 164 g/mol. The summed E-state index contributed by atoms with van der Waals surface area (Å²) < 4.78 is 0. The summed E-state index contributed by atoms with van der Waals surface area (Å²) in [6, 6.07) is 3.60. The molecule has 4 nitrogen and oxygen atoms in total. The average Bonchev–Trinajstić information content (AvgIpc) is 2.84. The minimum Gasteiger partial charge on any atom is -0.481 e. The Labute approximate surface area is 69.2 Å². The largest absolute Gasteiger partial charge is 0.481 e. The third-order valence-corrected chi connectivity index (χ3v) is 2.08. The van der Waals surface area contributed by atoms with Crippen LogP contribution in [0.4, 0.5) is 0 Å². The molecule has 2 unspecified atom stereocenters. The van der Waals surface area contributed by atoms with Crippen LogP contribution in [0.1, 0.15) is 18.0 Å². The zero-order valence-corrected chi connectivity index (χ0v) is 6.34. The van der Waals surface area contributed by atoms with Gasteiger partial charge in [0.2, 0.25) is 0 Å². The first-order chi connectivity index (χ1) is 5.79. The SMILES string of the molecule is O=C(O)C1CC1c1cccnn1. The molecule has 1 aliphatic carbocycles. The van der Waals surface area contributed by atoms with E-state index in [1.807, 2.05) is 6.07 Å². The van der Waals surface area contributed by atoms with Crippen LogP contribution in [-0.2, 0) is 4.79 Å². The van der Waals surface area contributed by atoms with Gasteiger partial charge in [-0.2, -0.15) is 10.2 Å². The van der Waals surface area contributed by atoms with Gasteiger partial charge in [0.05, 0.1) is 11.6 Å². The minimum atomic E-state index is -0.731. The Bertz CT molecular complexity index is 299. The van der Waals surface area contributed by atoms with Crippen LogP contribution in [0.3, 0.4) is 0 Å². The fraction of sp³-hybridized carbons (Fsp3) is 0.375. The highest BCUT2D eigenvalue weighted by Gasteiger charge is 2.45. The van der Waals surface area contributed by atoms with Gasteiger partial charge in [-0.3, -0.25) is 4.79 Å². The minimum absolute atomic E-state index is 0.0937. The Morgan fingerprint density at radius 2 is 2.50 bits per heavy atom. The molecule has 1 aromatic heterocycles. The zero-order chi connectivity index (χ0) is 8.55. The van der Waals surface area contributed by atoms with Crippen molar-refractivity contribution >= 4 is 5.97 Å². The molecular formula is C8H8N2O2. The monoisotopic (exact) mass is 164 g/mol. The predicted molar refractivity (Wildman–Crippen MR) is 40.5 cm³/mol. The molecule has 2 atom stereocenters. The molecule has 1 N–H and O–H groups in total. The van der Waals surface area contributed by atoms with E-state index >= 15 is 0 Å². The number of carboxylic acids is 1. The van der Waals surface area contributed by atoms with E-state index in [1.165, 1.54) is 0 Å². The maximum absolute atomic E-state index is 10.5. The van der Waals surface area contributed by atoms with Gasteiger partial charge < -0.3 is 5.11 Å². The van der Waals surface area contributed by atoms with Gasteiger partial charge in [-0.25, -0.2) is 0 Å². The second-order valence-electron chi connectivity index (χ2n) is 2.94. The van der Waals surface area contributed by atoms with Crippen molar-refractivity contribution in [3.8, 4) is 0 Å². The molecule has 1 heterocycles. The first-order valence-electron chi connectivity index (χ1n) is 3.79. The molecular weight excluding hydrogens is 156 g/mol. The Morgan fingerprint density at radius 3 is 3.00 bits per heavy atom. The summed E-state index contributed by atoms with van der Waals surface area (Å²) in [4.78, 5) is 10.5. The molecule has 0 aromatic carbocycles. The second kappa shape index (κ2) is 2.55. The molecule has 0 amide bonds. The highest BCUT2D eigenvalue weighted by molar-refractivity contribution is 5.74. The van der Waals surface area contributed by atoms with Crippen molar-refractivity contribution in [2.24, 2.45) is 5.92 Å². The number of carboxylic acid groups (broad SMARTS) is 1. The molecule has 1 aliphatic rings. The van der Waals surface area contributed by atoms with Crippen molar-refractivity contribution in [2.45, 2.75) is 12.3 Å². The van der Waals surface area contributed by atoms with E-state index in [9.17, 15) is 4.79 Å². The molecule has 1 saturated carbocycles. The lowest BCUT2D eigenvalue weighted by Crippen LogP contribution is -2.00. The van der Waals surface area contributed by atoms with E-state index in [0.717, 1.165) is 5.69 Å². The van der Waals surface area contributed by atoms with Crippen molar-refractivity contribution in [1.29, 1.82) is 0 Å². The number of rotatable bonds is 2. The molecule has 0 bridgehead atoms. The maximum Gasteiger partial charge on any atom is 0.307 e. The zero-order valence-electron chi connectivity index (χ0n) is 6.34. The van der Waals surface area contributed by atoms with Crippen LogP contribution in [0.2, 0.25) is 0 Å². The molecule has 62 valence electrons. The van der Waals surface area contributed by atoms with Crippen molar-refractivity contribution < 1.29 is 9.90 Å². The summed E-state index contributed by atoms with van der Waals surface area (Å²) in [5, 5.41) is 16.2. The van der Waals surface area contributed by atoms with Crippen molar-refractivity contribution in [2.75, 3.05) is 0 Å². The first kappa shape index (κ1) is 7.21. The molecule has 0 radical (unpaired) electrons. The fourth-order valence-electron chi connectivity index (χ4n) is 1.31. The number of carbonyl (C=O) groups is 1. The molecule has 0 spiro atoms. The van der Waals surface area contributed by atoms with Gasteiger partial charge in [0.15, 0.2) is 0 Å². The molecule has 0 saturated heterocycles. The number of hydrogen-bond donors (Lipinski definition) is 1. The number of hydrogen-bond acceptors (Lipinski definition) is 3. The summed E-state index contributed by atoms with van der Waals surface area (Å²) in [6.07, 6.45) is 2.29. The van der Waals surface area contributed by atoms with Gasteiger partial charge >= 0.3 is 5.97 Å². The molecule has 0 aliphatic heterocycles. The van der Waals surface area contributed by atoms with Crippen LogP contribution < -0.4 is 0 Å². The van der Waals surface area contributed by atoms with Crippen molar-refractivity contribution in [1.82, 2.24) is 10.2 Å². The van der Waals surface area contributed by atoms with Gasteiger partial charge in [-0.1, -0.05) is 0 Å². The lowest BCUT2D eigenvalue weighted by Gasteiger charge is -1.93. The van der Waals surface area contributed by atoms with Gasteiger partial charge in [0.1, 0.15) is 0 Å². The van der Waals surface area contributed by atoms with Crippen LogP contribution in [0, 0.1) is 5.92 Å². The van der Waals surface area contributed by atoms with Gasteiger partial charge in [-0.15, -0.1) is 0 Å². The Kier molecular flexibility index (Phi) is 1.53. The van der Waals surface area contributed by atoms with Gasteiger partial charge in [-0.05, 0) is 18.6 Å². The van der Waals surface area contributed by atoms with Gasteiger partial charge in [0.25, 0.3) is 0 Å². The van der Waals surface area contributed by atoms with Crippen LogP contribution in [0.15, 0.2) is 18.3 Å². The summed E-state index contributed by atoms with van der Waals surface area (Å²) in [5.41, 5.74) is 0.796. The van der Waals surface area contributed by atoms with Crippen LogP contribution >= 0.6 is 0 Å². The second-order valence-corrected chi connectivity index (χ2v) is 2.94. The Balaban J connectivity index is 2.11. The lowest BCUT2D eigenvalue weighted by molar-refractivity contribution is -0.138. The normalized spacial score (nSPS) is 26.7. The van der Waals surface area contributed by atoms with Crippen molar-refractivity contribution in [3.05, 3.63) is 24.0 Å². The van der Waals surface area contributed by atoms with Crippen LogP contribution in [-0.4, -0.2) is 21.3 Å². The summed E-state index contributed by atoms with van der Waals surface area (Å²) in [6.45, 7) is 0. The molecule has 1 aromatic rings. The van der Waals surface area contributed by atoms with E-state index in [1.54, 1.807) is 12.3 Å². The molecule has 1 fully saturated rings. The topological polar surface area (TPSA) is 63.1 Å². The van der Waals surface area contributed by atoms with Crippen LogP contribution in [0.25, 0.3) is 0 Å². The summed E-state index contributed by atoms with van der Waals surface area (Å²) >= 11 is 0. The number of aliphatic carboxylic acids is 1. The van der Waals surface area contributed by atoms with E-state index in [-0.39, 0.29) is 11.8 Å². The van der Waals surface area contributed by atoms with Crippen molar-refractivity contribution in [3.63, 3.8) is 0 Å². The number of aromatic nitrogens is 2. The molecule has 12 heavy (non-hydrogen) atoms. The van der Waals surface area contributed by atoms with E-state index in [0.29, 0.717) is 6.42 Å². The predicted octanol–water partition coefficient (Wildman–Crippen LogP) is 0.665. The summed E-state index contributed by atoms with van der Waals surface area (Å²) in [7, 11) is 0. The smallest absolute Gasteiger partial charge is 0.307 e. The highest BCUT2D eigenvalue weighted by atomic mass is 16.4. The highest BCUT2D eigenvalue weighted by Crippen LogP contribution is 2.46. The van der Waals surface area contributed by atoms with E-state index in [2.05, 4.69) is 10.2 Å². The standard InChI is InChI=1S/C8H8N2O2/c11-8(12)6-4-5(6)7-2-1-3-9-10-7/h1-3,5-6H,4H2,(H,11,12). The van der Waals surface area contributed by atoms with E-state index in [4.69, 9.17) is 5.11 Å².